The highest BCUT2D eigenvalue weighted by Crippen LogP contribution is 2.39. The lowest BCUT2D eigenvalue weighted by Crippen LogP contribution is -2.27. The van der Waals surface area contributed by atoms with E-state index < -0.39 is 0 Å². The number of carbonyl (C=O) groups is 2. The summed E-state index contributed by atoms with van der Waals surface area (Å²) in [6.07, 6.45) is 1.68. The Balaban J connectivity index is 1.93. The van der Waals surface area contributed by atoms with E-state index in [1.165, 1.54) is 0 Å². The Morgan fingerprint density at radius 2 is 1.88 bits per heavy atom. The molecule has 2 aromatic carbocycles. The maximum atomic E-state index is 12.7. The fourth-order valence-corrected chi connectivity index (χ4v) is 4.88. The first-order valence-corrected chi connectivity index (χ1v) is 10.3. The van der Waals surface area contributed by atoms with E-state index in [-0.39, 0.29) is 11.1 Å². The van der Waals surface area contributed by atoms with Crippen molar-refractivity contribution in [3.63, 3.8) is 0 Å². The molecule has 0 radical (unpaired) electrons. The zero-order valence-electron chi connectivity index (χ0n) is 13.5. The number of hydrogen-bond acceptors (Lipinski definition) is 4. The van der Waals surface area contributed by atoms with Gasteiger partial charge in [0.25, 0.3) is 11.1 Å². The molecule has 2 aromatic rings. The lowest BCUT2D eigenvalue weighted by molar-refractivity contribution is -0.113. The van der Waals surface area contributed by atoms with Crippen molar-refractivity contribution in [3.05, 3.63) is 60.8 Å². The molecule has 1 aliphatic heterocycles. The van der Waals surface area contributed by atoms with Gasteiger partial charge in [0.05, 0.1) is 26.1 Å². The van der Waals surface area contributed by atoms with E-state index in [1.54, 1.807) is 30.3 Å². The molecule has 0 saturated carbocycles. The van der Waals surface area contributed by atoms with Gasteiger partial charge >= 0.3 is 0 Å². The van der Waals surface area contributed by atoms with Crippen molar-refractivity contribution < 1.29 is 14.3 Å². The summed E-state index contributed by atoms with van der Waals surface area (Å²) in [4.78, 5) is 26.5. The molecule has 0 spiro atoms. The number of thioether (sulfide) groups is 1. The lowest BCUT2D eigenvalue weighted by Gasteiger charge is -2.12. The highest BCUT2D eigenvalue weighted by molar-refractivity contribution is 9.11. The number of hydrogen-bond donors (Lipinski definition) is 0. The van der Waals surface area contributed by atoms with Crippen LogP contribution in [0.4, 0.5) is 10.5 Å². The second kappa shape index (κ2) is 8.17. The molecule has 134 valence electrons. The molecule has 4 nitrogen and oxygen atoms in total. The van der Waals surface area contributed by atoms with E-state index in [2.05, 4.69) is 31.9 Å². The number of nitrogens with zero attached hydrogens (tertiary/aromatic N) is 1. The number of imide groups is 1. The molecule has 8 heteroatoms. The van der Waals surface area contributed by atoms with Crippen LogP contribution in [0, 0.1) is 0 Å². The van der Waals surface area contributed by atoms with E-state index in [9.17, 15) is 9.59 Å². The van der Waals surface area contributed by atoms with E-state index in [1.807, 2.05) is 19.1 Å². The Labute approximate surface area is 176 Å². The molecule has 1 heterocycles. The molecule has 2 amide bonds. The van der Waals surface area contributed by atoms with Gasteiger partial charge in [0.1, 0.15) is 5.75 Å². The van der Waals surface area contributed by atoms with E-state index in [0.29, 0.717) is 28.0 Å². The van der Waals surface area contributed by atoms with Crippen LogP contribution in [0.5, 0.6) is 5.75 Å². The maximum absolute atomic E-state index is 12.7. The Morgan fingerprint density at radius 1 is 1.19 bits per heavy atom. The summed E-state index contributed by atoms with van der Waals surface area (Å²) in [5.41, 5.74) is 1.22. The van der Waals surface area contributed by atoms with Crippen molar-refractivity contribution in [1.82, 2.24) is 0 Å². The molecule has 0 aliphatic carbocycles. The zero-order valence-corrected chi connectivity index (χ0v) is 18.2. The van der Waals surface area contributed by atoms with Gasteiger partial charge in [0.15, 0.2) is 0 Å². The van der Waals surface area contributed by atoms with Gasteiger partial charge in [0, 0.05) is 5.02 Å². The molecule has 0 atom stereocenters. The van der Waals surface area contributed by atoms with Crippen LogP contribution in [0.3, 0.4) is 0 Å². The number of benzene rings is 2. The van der Waals surface area contributed by atoms with Crippen LogP contribution in [-0.2, 0) is 4.79 Å². The summed E-state index contributed by atoms with van der Waals surface area (Å²) in [6.45, 7) is 2.44. The van der Waals surface area contributed by atoms with Crippen LogP contribution < -0.4 is 9.64 Å². The highest BCUT2D eigenvalue weighted by Gasteiger charge is 2.36. The van der Waals surface area contributed by atoms with Gasteiger partial charge in [-0.25, -0.2) is 4.90 Å². The molecule has 0 aromatic heterocycles. The first kappa shape index (κ1) is 19.5. The molecule has 0 N–H and O–H groups in total. The number of carbonyl (C=O) groups excluding carboxylic acids is 2. The van der Waals surface area contributed by atoms with Crippen molar-refractivity contribution in [2.45, 2.75) is 6.92 Å². The predicted octanol–water partition coefficient (Wildman–Crippen LogP) is 6.50. The van der Waals surface area contributed by atoms with Crippen molar-refractivity contribution >= 4 is 78.1 Å². The van der Waals surface area contributed by atoms with Gasteiger partial charge in [-0.3, -0.25) is 9.59 Å². The molecule has 3 rings (SSSR count). The smallest absolute Gasteiger partial charge is 0.298 e. The summed E-state index contributed by atoms with van der Waals surface area (Å²) >= 11 is 13.8. The van der Waals surface area contributed by atoms with Gasteiger partial charge in [-0.15, -0.1) is 0 Å². The molecular formula is C18H12Br2ClNO3S. The number of ether oxygens (including phenoxy) is 1. The summed E-state index contributed by atoms with van der Waals surface area (Å²) in [7, 11) is 0. The third kappa shape index (κ3) is 4.01. The molecule has 1 aliphatic rings. The van der Waals surface area contributed by atoms with Crippen LogP contribution in [0.2, 0.25) is 5.02 Å². The minimum atomic E-state index is -0.372. The Kier molecular flexibility index (Phi) is 6.12. The zero-order chi connectivity index (χ0) is 18.8. The number of halogens is 3. The lowest BCUT2D eigenvalue weighted by atomic mass is 10.2. The molecular weight excluding hydrogens is 506 g/mol. The fourth-order valence-electron chi connectivity index (χ4n) is 2.40. The minimum absolute atomic E-state index is 0.345. The second-order valence-corrected chi connectivity index (χ2v) is 8.38. The highest BCUT2D eigenvalue weighted by atomic mass is 79.9. The van der Waals surface area contributed by atoms with Crippen LogP contribution >= 0.6 is 55.2 Å². The van der Waals surface area contributed by atoms with Crippen LogP contribution in [-0.4, -0.2) is 17.8 Å². The normalized spacial score (nSPS) is 15.8. The van der Waals surface area contributed by atoms with Crippen molar-refractivity contribution in [2.24, 2.45) is 0 Å². The fraction of sp³-hybridized carbons (Fsp3) is 0.111. The monoisotopic (exact) mass is 515 g/mol. The topological polar surface area (TPSA) is 46.6 Å². The third-order valence-electron chi connectivity index (χ3n) is 3.47. The van der Waals surface area contributed by atoms with Gasteiger partial charge in [-0.1, -0.05) is 17.7 Å². The first-order chi connectivity index (χ1) is 12.4. The first-order valence-electron chi connectivity index (χ1n) is 7.56. The number of amides is 2. The maximum Gasteiger partial charge on any atom is 0.298 e. The summed E-state index contributed by atoms with van der Waals surface area (Å²) in [6, 6.07) is 10.3. The second-order valence-electron chi connectivity index (χ2n) is 5.24. The Hall–Kier alpha value is -1.28. The average Bonchev–Trinajstić information content (AvgIpc) is 2.85. The van der Waals surface area contributed by atoms with E-state index in [0.717, 1.165) is 31.2 Å². The quantitative estimate of drug-likeness (QED) is 0.434. The SMILES string of the molecule is CCOc1c(Br)cc(/C=C2/SC(=O)N(c3cccc(Cl)c3)C2=O)cc1Br. The Bertz CT molecular complexity index is 909. The third-order valence-corrected chi connectivity index (χ3v) is 5.75. The number of anilines is 1. The van der Waals surface area contributed by atoms with Crippen molar-refractivity contribution in [2.75, 3.05) is 11.5 Å². The van der Waals surface area contributed by atoms with E-state index >= 15 is 0 Å². The van der Waals surface area contributed by atoms with Gasteiger partial charge in [0.2, 0.25) is 0 Å². The van der Waals surface area contributed by atoms with Crippen molar-refractivity contribution in [3.8, 4) is 5.75 Å². The minimum Gasteiger partial charge on any atom is -0.492 e. The Morgan fingerprint density at radius 3 is 2.50 bits per heavy atom. The average molecular weight is 518 g/mol. The van der Waals surface area contributed by atoms with Crippen LogP contribution in [0.1, 0.15) is 12.5 Å². The van der Waals surface area contributed by atoms with Gasteiger partial charge < -0.3 is 4.74 Å². The largest absolute Gasteiger partial charge is 0.492 e. The van der Waals surface area contributed by atoms with Crippen molar-refractivity contribution in [1.29, 1.82) is 0 Å². The predicted molar refractivity (Wildman–Crippen MR) is 113 cm³/mol. The standard InChI is InChI=1S/C18H12Br2ClNO3S/c1-2-25-16-13(19)6-10(7-14(16)20)8-15-17(23)22(18(24)26-15)12-5-3-4-11(21)9-12/h3-9H,2H2,1H3/b15-8+. The molecule has 1 saturated heterocycles. The molecule has 0 unspecified atom stereocenters. The summed E-state index contributed by atoms with van der Waals surface area (Å²) < 4.78 is 7.07. The van der Waals surface area contributed by atoms with Gasteiger partial charge in [-0.2, -0.15) is 0 Å². The van der Waals surface area contributed by atoms with Gasteiger partial charge in [-0.05, 0) is 92.5 Å². The van der Waals surface area contributed by atoms with Crippen LogP contribution in [0.25, 0.3) is 6.08 Å². The van der Waals surface area contributed by atoms with E-state index in [4.69, 9.17) is 16.3 Å². The number of rotatable bonds is 4. The van der Waals surface area contributed by atoms with Crippen LogP contribution in [0.15, 0.2) is 50.2 Å². The molecule has 26 heavy (non-hydrogen) atoms. The summed E-state index contributed by atoms with van der Waals surface area (Å²) in [5.74, 6) is 0.320. The summed E-state index contributed by atoms with van der Waals surface area (Å²) in [5, 5.41) is 0.109. The molecule has 1 fully saturated rings. The molecule has 0 bridgehead atoms.